The first kappa shape index (κ1) is 18.0. The Bertz CT molecular complexity index is 786. The monoisotopic (exact) mass is 356 g/mol. The number of carbonyl (C=O) groups is 2. The zero-order chi connectivity index (χ0) is 18.5. The lowest BCUT2D eigenvalue weighted by Crippen LogP contribution is -2.41. The molecule has 0 atom stereocenters. The predicted molar refractivity (Wildman–Crippen MR) is 94.3 cm³/mol. The van der Waals surface area contributed by atoms with E-state index in [2.05, 4.69) is 4.98 Å². The Morgan fingerprint density at radius 3 is 2.46 bits per heavy atom. The molecule has 0 saturated heterocycles. The normalized spacial score (nSPS) is 14.8. The molecule has 1 heterocycles. The standard InChI is InChI=1S/C20H21FN2O3/c21-16-8-6-14(7-9-16)13-23(17-4-2-1-3-5-17)19(24)18-12-15(20(25)26)10-11-22-18/h6-12,17H,1-5,13H2,(H,25,26). The average Bonchev–Trinajstić information content (AvgIpc) is 2.68. The Kier molecular flexibility index (Phi) is 5.61. The molecule has 136 valence electrons. The maximum Gasteiger partial charge on any atom is 0.335 e. The summed E-state index contributed by atoms with van der Waals surface area (Å²) in [5.41, 5.74) is 0.992. The van der Waals surface area contributed by atoms with Crippen LogP contribution >= 0.6 is 0 Å². The fourth-order valence-corrected chi connectivity index (χ4v) is 3.37. The van der Waals surface area contributed by atoms with Crippen LogP contribution in [0.4, 0.5) is 4.39 Å². The summed E-state index contributed by atoms with van der Waals surface area (Å²) < 4.78 is 13.2. The van der Waals surface area contributed by atoms with Crippen LogP contribution in [0.1, 0.15) is 58.5 Å². The highest BCUT2D eigenvalue weighted by molar-refractivity contribution is 5.96. The topological polar surface area (TPSA) is 70.5 Å². The minimum atomic E-state index is -1.09. The SMILES string of the molecule is O=C(O)c1ccnc(C(=O)N(Cc2ccc(F)cc2)C2CCCCC2)c1. The summed E-state index contributed by atoms with van der Waals surface area (Å²) in [4.78, 5) is 30.1. The molecule has 0 spiro atoms. The van der Waals surface area contributed by atoms with Crippen LogP contribution in [0.5, 0.6) is 0 Å². The Morgan fingerprint density at radius 1 is 1.12 bits per heavy atom. The van der Waals surface area contributed by atoms with Crippen LogP contribution in [0.25, 0.3) is 0 Å². The number of carbonyl (C=O) groups excluding carboxylic acids is 1. The minimum absolute atomic E-state index is 0.0359. The molecule has 1 aromatic carbocycles. The number of aromatic nitrogens is 1. The molecule has 0 bridgehead atoms. The molecule has 1 amide bonds. The molecular formula is C20H21FN2O3. The van der Waals surface area contributed by atoms with Crippen LogP contribution in [0.15, 0.2) is 42.6 Å². The number of carboxylic acids is 1. The van der Waals surface area contributed by atoms with E-state index in [1.807, 2.05) is 0 Å². The second-order valence-corrected chi connectivity index (χ2v) is 6.59. The van der Waals surface area contributed by atoms with Crippen LogP contribution in [-0.2, 0) is 6.54 Å². The number of aromatic carboxylic acids is 1. The number of hydrogen-bond donors (Lipinski definition) is 1. The summed E-state index contributed by atoms with van der Waals surface area (Å²) in [5, 5.41) is 9.15. The number of pyridine rings is 1. The number of halogens is 1. The second kappa shape index (κ2) is 8.08. The number of benzene rings is 1. The van der Waals surface area contributed by atoms with Crippen molar-refractivity contribution in [2.24, 2.45) is 0 Å². The summed E-state index contributed by atoms with van der Waals surface area (Å²) in [6.07, 6.45) is 6.42. The van der Waals surface area contributed by atoms with Gasteiger partial charge in [0.25, 0.3) is 5.91 Å². The average molecular weight is 356 g/mol. The number of amides is 1. The third-order valence-corrected chi connectivity index (χ3v) is 4.77. The lowest BCUT2D eigenvalue weighted by Gasteiger charge is -2.34. The molecule has 6 heteroatoms. The van der Waals surface area contributed by atoms with Crippen LogP contribution in [-0.4, -0.2) is 32.9 Å². The highest BCUT2D eigenvalue weighted by Gasteiger charge is 2.27. The van der Waals surface area contributed by atoms with Gasteiger partial charge >= 0.3 is 5.97 Å². The molecule has 1 aromatic heterocycles. The molecule has 1 aliphatic rings. The van der Waals surface area contributed by atoms with Gasteiger partial charge in [0.05, 0.1) is 5.56 Å². The van der Waals surface area contributed by atoms with Gasteiger partial charge in [0.2, 0.25) is 0 Å². The van der Waals surface area contributed by atoms with Crippen LogP contribution in [0, 0.1) is 5.82 Å². The molecule has 1 saturated carbocycles. The van der Waals surface area contributed by atoms with Crippen molar-refractivity contribution in [2.75, 3.05) is 0 Å². The van der Waals surface area contributed by atoms with Crippen molar-refractivity contribution in [1.82, 2.24) is 9.88 Å². The number of nitrogens with zero attached hydrogens (tertiary/aromatic N) is 2. The summed E-state index contributed by atoms with van der Waals surface area (Å²) in [6, 6.07) is 8.84. The van der Waals surface area contributed by atoms with Crippen molar-refractivity contribution in [1.29, 1.82) is 0 Å². The van der Waals surface area contributed by atoms with Crippen molar-refractivity contribution in [3.05, 3.63) is 65.2 Å². The van der Waals surface area contributed by atoms with Gasteiger partial charge < -0.3 is 10.0 Å². The van der Waals surface area contributed by atoms with Crippen molar-refractivity contribution in [3.8, 4) is 0 Å². The summed E-state index contributed by atoms with van der Waals surface area (Å²) in [6.45, 7) is 0.350. The summed E-state index contributed by atoms with van der Waals surface area (Å²) in [5.74, 6) is -1.70. The van der Waals surface area contributed by atoms with E-state index in [9.17, 15) is 14.0 Å². The first-order chi connectivity index (χ1) is 12.5. The van der Waals surface area contributed by atoms with Crippen LogP contribution < -0.4 is 0 Å². The number of carboxylic acid groups (broad SMARTS) is 1. The predicted octanol–water partition coefficient (Wildman–Crippen LogP) is 3.89. The minimum Gasteiger partial charge on any atom is -0.478 e. The van der Waals surface area contributed by atoms with E-state index >= 15 is 0 Å². The molecule has 0 unspecified atom stereocenters. The van der Waals surface area contributed by atoms with E-state index in [0.717, 1.165) is 37.7 Å². The first-order valence-electron chi connectivity index (χ1n) is 8.79. The van der Waals surface area contributed by atoms with Gasteiger partial charge in [-0.25, -0.2) is 9.18 Å². The molecule has 0 aliphatic heterocycles. The first-order valence-corrected chi connectivity index (χ1v) is 8.79. The molecule has 1 aliphatic carbocycles. The Labute approximate surface area is 151 Å². The quantitative estimate of drug-likeness (QED) is 0.882. The lowest BCUT2D eigenvalue weighted by atomic mass is 9.93. The van der Waals surface area contributed by atoms with E-state index < -0.39 is 5.97 Å². The van der Waals surface area contributed by atoms with Gasteiger partial charge in [0.15, 0.2) is 0 Å². The molecule has 0 radical (unpaired) electrons. The van der Waals surface area contributed by atoms with Gasteiger partial charge in [-0.3, -0.25) is 9.78 Å². The molecule has 2 aromatic rings. The van der Waals surface area contributed by atoms with E-state index in [0.29, 0.717) is 6.54 Å². The summed E-state index contributed by atoms with van der Waals surface area (Å²) in [7, 11) is 0. The fraction of sp³-hybridized carbons (Fsp3) is 0.350. The zero-order valence-electron chi connectivity index (χ0n) is 14.4. The maximum absolute atomic E-state index is 13.2. The molecule has 5 nitrogen and oxygen atoms in total. The molecular weight excluding hydrogens is 335 g/mol. The zero-order valence-corrected chi connectivity index (χ0v) is 14.4. The fourth-order valence-electron chi connectivity index (χ4n) is 3.37. The van der Waals surface area contributed by atoms with E-state index in [4.69, 9.17) is 5.11 Å². The van der Waals surface area contributed by atoms with Crippen LogP contribution in [0.2, 0.25) is 0 Å². The number of rotatable bonds is 5. The van der Waals surface area contributed by atoms with Gasteiger partial charge in [0.1, 0.15) is 11.5 Å². The molecule has 26 heavy (non-hydrogen) atoms. The molecule has 1 N–H and O–H groups in total. The van der Waals surface area contributed by atoms with Crippen LogP contribution in [0.3, 0.4) is 0 Å². The largest absolute Gasteiger partial charge is 0.478 e. The van der Waals surface area contributed by atoms with Gasteiger partial charge in [0, 0.05) is 18.8 Å². The van der Waals surface area contributed by atoms with Crippen molar-refractivity contribution in [3.63, 3.8) is 0 Å². The van der Waals surface area contributed by atoms with E-state index in [-0.39, 0.29) is 29.0 Å². The van der Waals surface area contributed by atoms with Crippen molar-refractivity contribution in [2.45, 2.75) is 44.7 Å². The lowest BCUT2D eigenvalue weighted by molar-refractivity contribution is 0.0608. The highest BCUT2D eigenvalue weighted by Crippen LogP contribution is 2.25. The van der Waals surface area contributed by atoms with Crippen molar-refractivity contribution >= 4 is 11.9 Å². The van der Waals surface area contributed by atoms with Gasteiger partial charge in [-0.1, -0.05) is 31.4 Å². The van der Waals surface area contributed by atoms with Gasteiger partial charge in [-0.05, 0) is 42.7 Å². The third kappa shape index (κ3) is 4.25. The second-order valence-electron chi connectivity index (χ2n) is 6.59. The van der Waals surface area contributed by atoms with E-state index in [1.165, 1.54) is 30.5 Å². The highest BCUT2D eigenvalue weighted by atomic mass is 19.1. The molecule has 1 fully saturated rings. The molecule has 3 rings (SSSR count). The van der Waals surface area contributed by atoms with Gasteiger partial charge in [-0.15, -0.1) is 0 Å². The maximum atomic E-state index is 13.2. The Balaban J connectivity index is 1.88. The third-order valence-electron chi connectivity index (χ3n) is 4.77. The summed E-state index contributed by atoms with van der Waals surface area (Å²) >= 11 is 0. The van der Waals surface area contributed by atoms with E-state index in [1.54, 1.807) is 17.0 Å². The van der Waals surface area contributed by atoms with Crippen molar-refractivity contribution < 1.29 is 19.1 Å². The Morgan fingerprint density at radius 2 is 1.81 bits per heavy atom. The number of hydrogen-bond acceptors (Lipinski definition) is 3. The smallest absolute Gasteiger partial charge is 0.335 e. The van der Waals surface area contributed by atoms with Gasteiger partial charge in [-0.2, -0.15) is 0 Å². The Hall–Kier alpha value is -2.76.